The summed E-state index contributed by atoms with van der Waals surface area (Å²) in [6.45, 7) is 5.41. The van der Waals surface area contributed by atoms with Crippen LogP contribution < -0.4 is 5.32 Å². The minimum absolute atomic E-state index is 0.0151. The van der Waals surface area contributed by atoms with Crippen molar-refractivity contribution in [3.05, 3.63) is 29.8 Å². The average molecular weight is 436 g/mol. The molecule has 2 fully saturated rings. The van der Waals surface area contributed by atoms with Crippen LogP contribution in [0.1, 0.15) is 31.2 Å². The summed E-state index contributed by atoms with van der Waals surface area (Å²) in [5, 5.41) is 3.08. The number of hydrogen-bond acceptors (Lipinski definition) is 6. The van der Waals surface area contributed by atoms with E-state index in [9.17, 15) is 13.8 Å². The Hall–Kier alpha value is -1.77. The van der Waals surface area contributed by atoms with Crippen molar-refractivity contribution in [2.45, 2.75) is 43.2 Å². The van der Waals surface area contributed by atoms with Crippen molar-refractivity contribution < 1.29 is 18.5 Å². The second kappa shape index (κ2) is 10.5. The van der Waals surface area contributed by atoms with E-state index in [1.165, 1.54) is 5.56 Å². The van der Waals surface area contributed by atoms with E-state index in [1.54, 1.807) is 6.26 Å². The van der Waals surface area contributed by atoms with E-state index >= 15 is 0 Å². The Morgan fingerprint density at radius 2 is 2.07 bits per heavy atom. The van der Waals surface area contributed by atoms with E-state index in [0.717, 1.165) is 50.5 Å². The predicted molar refractivity (Wildman–Crippen MR) is 116 cm³/mol. The van der Waals surface area contributed by atoms with E-state index in [4.69, 9.17) is 4.74 Å². The number of rotatable bonds is 10. The van der Waals surface area contributed by atoms with Crippen LogP contribution in [0.4, 0.5) is 0 Å². The highest BCUT2D eigenvalue weighted by Gasteiger charge is 2.46. The molecule has 0 radical (unpaired) electrons. The summed E-state index contributed by atoms with van der Waals surface area (Å²) in [6.07, 6.45) is 5.09. The van der Waals surface area contributed by atoms with Crippen LogP contribution in [0.3, 0.4) is 0 Å². The van der Waals surface area contributed by atoms with Gasteiger partial charge in [0.1, 0.15) is 6.61 Å². The van der Waals surface area contributed by atoms with Crippen molar-refractivity contribution in [3.63, 3.8) is 0 Å². The number of likely N-dealkylation sites (tertiary alicyclic amines) is 2. The summed E-state index contributed by atoms with van der Waals surface area (Å²) in [6, 6.07) is 8.06. The average Bonchev–Trinajstić information content (AvgIpc) is 2.73. The van der Waals surface area contributed by atoms with Crippen molar-refractivity contribution in [3.8, 4) is 0 Å². The van der Waals surface area contributed by atoms with E-state index in [0.29, 0.717) is 25.9 Å². The SMILES string of the molecule is CNC(CCC(=O)N1CC2(CCN(Cc3cccc(S(C)=O)c3)CC2)C1)COC=O. The molecule has 1 amide bonds. The molecule has 0 aromatic heterocycles. The number of likely N-dealkylation sites (N-methyl/N-ethyl adjacent to an activating group) is 1. The number of carbonyl (C=O) groups excluding carboxylic acids is 2. The summed E-state index contributed by atoms with van der Waals surface area (Å²) in [5.74, 6) is 0.193. The first-order valence-electron chi connectivity index (χ1n) is 10.6. The molecule has 0 saturated carbocycles. The Morgan fingerprint density at radius 1 is 1.33 bits per heavy atom. The van der Waals surface area contributed by atoms with Crippen molar-refractivity contribution >= 4 is 23.2 Å². The zero-order valence-corrected chi connectivity index (χ0v) is 18.8. The highest BCUT2D eigenvalue weighted by molar-refractivity contribution is 7.84. The van der Waals surface area contributed by atoms with Gasteiger partial charge in [0.15, 0.2) is 0 Å². The van der Waals surface area contributed by atoms with Crippen LogP contribution in [0.5, 0.6) is 0 Å². The fourth-order valence-electron chi connectivity index (χ4n) is 4.44. The Kier molecular flexibility index (Phi) is 8.02. The van der Waals surface area contributed by atoms with E-state index < -0.39 is 10.8 Å². The molecule has 2 atom stereocenters. The van der Waals surface area contributed by atoms with Gasteiger partial charge in [-0.2, -0.15) is 0 Å². The van der Waals surface area contributed by atoms with Gasteiger partial charge in [-0.3, -0.25) is 18.7 Å². The van der Waals surface area contributed by atoms with Crippen LogP contribution in [0.25, 0.3) is 0 Å². The van der Waals surface area contributed by atoms with Gasteiger partial charge < -0.3 is 15.0 Å². The van der Waals surface area contributed by atoms with Gasteiger partial charge in [0, 0.05) is 59.5 Å². The van der Waals surface area contributed by atoms with Gasteiger partial charge >= 0.3 is 0 Å². The number of hydrogen-bond donors (Lipinski definition) is 1. The minimum Gasteiger partial charge on any atom is -0.466 e. The summed E-state index contributed by atoms with van der Waals surface area (Å²) < 4.78 is 16.5. The maximum atomic E-state index is 12.5. The number of piperidine rings is 1. The third kappa shape index (κ3) is 5.89. The molecule has 3 rings (SSSR count). The van der Waals surface area contributed by atoms with Gasteiger partial charge in [-0.1, -0.05) is 12.1 Å². The molecule has 166 valence electrons. The van der Waals surface area contributed by atoms with E-state index in [2.05, 4.69) is 16.3 Å². The summed E-state index contributed by atoms with van der Waals surface area (Å²) in [4.78, 5) is 28.1. The first-order chi connectivity index (χ1) is 14.4. The van der Waals surface area contributed by atoms with Crippen LogP contribution in [-0.2, 0) is 31.7 Å². The number of nitrogens with one attached hydrogen (secondary N) is 1. The number of nitrogens with zero attached hydrogens (tertiary/aromatic N) is 2. The molecular weight excluding hydrogens is 402 g/mol. The summed E-state index contributed by atoms with van der Waals surface area (Å²) in [7, 11) is 0.864. The molecule has 2 aliphatic heterocycles. The third-order valence-electron chi connectivity index (χ3n) is 6.44. The highest BCUT2D eigenvalue weighted by atomic mass is 32.2. The van der Waals surface area contributed by atoms with Crippen LogP contribution in [0, 0.1) is 5.41 Å². The lowest BCUT2D eigenvalue weighted by atomic mass is 9.71. The largest absolute Gasteiger partial charge is 0.466 e. The molecule has 2 aliphatic rings. The van der Waals surface area contributed by atoms with E-state index in [-0.39, 0.29) is 17.4 Å². The van der Waals surface area contributed by atoms with Crippen LogP contribution >= 0.6 is 0 Å². The smallest absolute Gasteiger partial charge is 0.293 e. The summed E-state index contributed by atoms with van der Waals surface area (Å²) in [5.41, 5.74) is 1.49. The van der Waals surface area contributed by atoms with Gasteiger partial charge in [0.2, 0.25) is 5.91 Å². The van der Waals surface area contributed by atoms with Gasteiger partial charge in [-0.05, 0) is 57.1 Å². The lowest BCUT2D eigenvalue weighted by molar-refractivity contribution is -0.147. The van der Waals surface area contributed by atoms with Crippen LogP contribution in [-0.4, -0.2) is 78.5 Å². The van der Waals surface area contributed by atoms with Crippen molar-refractivity contribution in [2.75, 3.05) is 46.1 Å². The second-order valence-electron chi connectivity index (χ2n) is 8.58. The minimum atomic E-state index is -0.949. The first kappa shape index (κ1) is 22.9. The second-order valence-corrected chi connectivity index (χ2v) is 9.96. The molecule has 8 heteroatoms. The normalized spacial score (nSPS) is 20.4. The molecule has 2 unspecified atom stereocenters. The van der Waals surface area contributed by atoms with Gasteiger partial charge in [-0.15, -0.1) is 0 Å². The molecule has 1 aromatic carbocycles. The molecule has 2 heterocycles. The van der Waals surface area contributed by atoms with Gasteiger partial charge in [0.25, 0.3) is 6.47 Å². The lowest BCUT2D eigenvalue weighted by Crippen LogP contribution is -2.61. The third-order valence-corrected chi connectivity index (χ3v) is 7.36. The number of benzene rings is 1. The topological polar surface area (TPSA) is 79.0 Å². The van der Waals surface area contributed by atoms with Crippen LogP contribution in [0.2, 0.25) is 0 Å². The predicted octanol–water partition coefficient (Wildman–Crippen LogP) is 1.39. The zero-order valence-electron chi connectivity index (χ0n) is 18.0. The Bertz CT molecular complexity index is 757. The molecule has 1 N–H and O–H groups in total. The number of ether oxygens (including phenoxy) is 1. The Morgan fingerprint density at radius 3 is 2.70 bits per heavy atom. The molecule has 2 saturated heterocycles. The molecule has 1 aromatic rings. The monoisotopic (exact) mass is 435 g/mol. The number of amides is 1. The maximum Gasteiger partial charge on any atom is 0.293 e. The van der Waals surface area contributed by atoms with E-state index in [1.807, 2.05) is 30.1 Å². The molecule has 1 spiro atoms. The van der Waals surface area contributed by atoms with Gasteiger partial charge in [0.05, 0.1) is 0 Å². The molecule has 0 bridgehead atoms. The molecular formula is C22H33N3O4S. The fraction of sp³-hybridized carbons (Fsp3) is 0.636. The first-order valence-corrected chi connectivity index (χ1v) is 12.2. The van der Waals surface area contributed by atoms with Crippen molar-refractivity contribution in [1.29, 1.82) is 0 Å². The molecule has 7 nitrogen and oxygen atoms in total. The maximum absolute atomic E-state index is 12.5. The Balaban J connectivity index is 1.40. The highest BCUT2D eigenvalue weighted by Crippen LogP contribution is 2.41. The summed E-state index contributed by atoms with van der Waals surface area (Å²) >= 11 is 0. The molecule has 30 heavy (non-hydrogen) atoms. The lowest BCUT2D eigenvalue weighted by Gasteiger charge is -2.54. The number of carbonyl (C=O) groups is 2. The standard InChI is InChI=1S/C22H33N3O4S/c1-23-19(14-29-17-26)6-7-21(27)25-15-22(16-25)8-10-24(11-9-22)13-18-4-3-5-20(12-18)30(2)28/h3-5,12,17,19,23H,6-11,13-16H2,1-2H3. The Labute approximate surface area is 181 Å². The van der Waals surface area contributed by atoms with Crippen molar-refractivity contribution in [1.82, 2.24) is 15.1 Å². The van der Waals surface area contributed by atoms with Crippen LogP contribution in [0.15, 0.2) is 29.2 Å². The fourth-order valence-corrected chi connectivity index (χ4v) is 5.03. The zero-order chi connectivity index (χ0) is 21.6. The quantitative estimate of drug-likeness (QED) is 0.560. The molecule has 0 aliphatic carbocycles. The van der Waals surface area contributed by atoms with Gasteiger partial charge in [-0.25, -0.2) is 0 Å². The van der Waals surface area contributed by atoms with Crippen molar-refractivity contribution in [2.24, 2.45) is 5.41 Å².